The van der Waals surface area contributed by atoms with Crippen LogP contribution in [-0.4, -0.2) is 47.4 Å². The summed E-state index contributed by atoms with van der Waals surface area (Å²) in [4.78, 5) is 24.6. The van der Waals surface area contributed by atoms with Gasteiger partial charge in [0.25, 0.3) is 0 Å². The summed E-state index contributed by atoms with van der Waals surface area (Å²) in [5.74, 6) is -0.0411. The van der Waals surface area contributed by atoms with Crippen molar-refractivity contribution >= 4 is 11.9 Å². The number of aliphatic hydroxyl groups is 2. The van der Waals surface area contributed by atoms with E-state index in [2.05, 4.69) is 31.3 Å². The number of hydrogen-bond donors (Lipinski definition) is 3. The lowest BCUT2D eigenvalue weighted by Crippen LogP contribution is -2.45. The van der Waals surface area contributed by atoms with Crippen LogP contribution in [0.1, 0.15) is 373 Å². The average Bonchev–Trinajstić information content (AvgIpc) is 3.38. The van der Waals surface area contributed by atoms with Crippen molar-refractivity contribution < 1.29 is 24.5 Å². The SMILES string of the molecule is CCCCCCC/C=C\CCCCCCCC(=O)OCCCCCCCCCCCCCCCCCCC(=O)NC(CO)C(O)CCCCCCCCCCCCCCCCCCCCCCCCCCC. The molecule has 1 amide bonds. The summed E-state index contributed by atoms with van der Waals surface area (Å²) in [7, 11) is 0. The summed E-state index contributed by atoms with van der Waals surface area (Å²) in [5.41, 5.74) is 0. The first-order chi connectivity index (χ1) is 35.5. The predicted octanol–water partition coefficient (Wildman–Crippen LogP) is 20.8. The molecule has 72 heavy (non-hydrogen) atoms. The number of carbonyl (C=O) groups is 2. The first-order valence-electron chi connectivity index (χ1n) is 32.9. The van der Waals surface area contributed by atoms with Crippen molar-refractivity contribution in [3.8, 4) is 0 Å². The maximum atomic E-state index is 12.5. The highest BCUT2D eigenvalue weighted by Crippen LogP contribution is 2.19. The molecule has 428 valence electrons. The maximum Gasteiger partial charge on any atom is 0.305 e. The number of nitrogens with one attached hydrogen (secondary N) is 1. The van der Waals surface area contributed by atoms with Crippen LogP contribution < -0.4 is 5.32 Å². The van der Waals surface area contributed by atoms with Gasteiger partial charge in [0.05, 0.1) is 25.4 Å². The number of esters is 1. The van der Waals surface area contributed by atoms with Gasteiger partial charge in [-0.3, -0.25) is 9.59 Å². The molecule has 0 aromatic heterocycles. The number of carbonyl (C=O) groups excluding carboxylic acids is 2. The van der Waals surface area contributed by atoms with Crippen LogP contribution in [0.15, 0.2) is 12.2 Å². The summed E-state index contributed by atoms with van der Waals surface area (Å²) in [6.45, 7) is 4.96. The molecule has 0 heterocycles. The van der Waals surface area contributed by atoms with E-state index < -0.39 is 12.1 Å². The van der Waals surface area contributed by atoms with E-state index in [0.717, 1.165) is 44.9 Å². The van der Waals surface area contributed by atoms with Crippen LogP contribution in [0.3, 0.4) is 0 Å². The highest BCUT2D eigenvalue weighted by atomic mass is 16.5. The van der Waals surface area contributed by atoms with Gasteiger partial charge in [0.1, 0.15) is 0 Å². The van der Waals surface area contributed by atoms with Crippen LogP contribution in [0.5, 0.6) is 0 Å². The fourth-order valence-corrected chi connectivity index (χ4v) is 10.5. The summed E-state index contributed by atoms with van der Waals surface area (Å²) < 4.78 is 5.48. The minimum atomic E-state index is -0.670. The molecule has 0 spiro atoms. The molecule has 0 aliphatic carbocycles. The zero-order valence-electron chi connectivity index (χ0n) is 48.9. The Morgan fingerprint density at radius 2 is 0.653 bits per heavy atom. The van der Waals surface area contributed by atoms with E-state index in [1.54, 1.807) is 0 Å². The topological polar surface area (TPSA) is 95.9 Å². The van der Waals surface area contributed by atoms with E-state index in [-0.39, 0.29) is 18.5 Å². The summed E-state index contributed by atoms with van der Waals surface area (Å²) in [6, 6.07) is -0.548. The molecule has 0 fully saturated rings. The summed E-state index contributed by atoms with van der Waals surface area (Å²) in [6.07, 6.45) is 75.1. The van der Waals surface area contributed by atoms with Gasteiger partial charge in [-0.25, -0.2) is 0 Å². The number of ether oxygens (including phenoxy) is 1. The van der Waals surface area contributed by atoms with Crippen LogP contribution in [0, 0.1) is 0 Å². The van der Waals surface area contributed by atoms with Crippen molar-refractivity contribution in [3.05, 3.63) is 12.2 Å². The number of unbranched alkanes of at least 4 members (excludes halogenated alkanes) is 49. The highest BCUT2D eigenvalue weighted by Gasteiger charge is 2.20. The second kappa shape index (κ2) is 62.1. The summed E-state index contributed by atoms with van der Waals surface area (Å²) >= 11 is 0. The lowest BCUT2D eigenvalue weighted by molar-refractivity contribution is -0.143. The first kappa shape index (κ1) is 70.6. The third-order valence-corrected chi connectivity index (χ3v) is 15.6. The quantitative estimate of drug-likeness (QED) is 0.0320. The van der Waals surface area contributed by atoms with Crippen LogP contribution >= 0.6 is 0 Å². The minimum absolute atomic E-state index is 0.00398. The smallest absolute Gasteiger partial charge is 0.305 e. The predicted molar refractivity (Wildman–Crippen MR) is 315 cm³/mol. The van der Waals surface area contributed by atoms with Crippen molar-refractivity contribution in [1.82, 2.24) is 5.32 Å². The fraction of sp³-hybridized carbons (Fsp3) is 0.939. The molecular weight excluding hydrogens is 887 g/mol. The number of rotatable bonds is 62. The molecule has 0 aliphatic heterocycles. The van der Waals surface area contributed by atoms with Gasteiger partial charge in [0, 0.05) is 12.8 Å². The second-order valence-electron chi connectivity index (χ2n) is 22.8. The molecule has 6 nitrogen and oxygen atoms in total. The monoisotopic (exact) mass is 1020 g/mol. The molecule has 0 saturated heterocycles. The molecule has 0 rings (SSSR count). The van der Waals surface area contributed by atoms with Gasteiger partial charge in [-0.05, 0) is 51.4 Å². The van der Waals surface area contributed by atoms with E-state index in [1.165, 1.54) is 295 Å². The fourth-order valence-electron chi connectivity index (χ4n) is 10.5. The Morgan fingerprint density at radius 1 is 0.375 bits per heavy atom. The molecule has 0 aliphatic rings. The molecule has 0 radical (unpaired) electrons. The van der Waals surface area contributed by atoms with Crippen molar-refractivity contribution in [2.45, 2.75) is 386 Å². The van der Waals surface area contributed by atoms with E-state index in [1.807, 2.05) is 0 Å². The lowest BCUT2D eigenvalue weighted by atomic mass is 10.0. The lowest BCUT2D eigenvalue weighted by Gasteiger charge is -2.22. The van der Waals surface area contributed by atoms with Crippen LogP contribution in [-0.2, 0) is 14.3 Å². The van der Waals surface area contributed by atoms with Crippen molar-refractivity contribution in [2.24, 2.45) is 0 Å². The van der Waals surface area contributed by atoms with Gasteiger partial charge in [0.15, 0.2) is 0 Å². The Kier molecular flexibility index (Phi) is 60.9. The van der Waals surface area contributed by atoms with Crippen molar-refractivity contribution in [3.63, 3.8) is 0 Å². The molecular formula is C66H129NO5. The van der Waals surface area contributed by atoms with E-state index in [4.69, 9.17) is 4.74 Å². The van der Waals surface area contributed by atoms with Gasteiger partial charge in [0.2, 0.25) is 5.91 Å². The number of amides is 1. The molecule has 2 unspecified atom stereocenters. The zero-order chi connectivity index (χ0) is 52.2. The number of hydrogen-bond acceptors (Lipinski definition) is 5. The molecule has 0 aromatic rings. The molecule has 3 N–H and O–H groups in total. The van der Waals surface area contributed by atoms with E-state index in [0.29, 0.717) is 25.9 Å². The Labute approximate surface area is 450 Å². The Bertz CT molecular complexity index is 1080. The third-order valence-electron chi connectivity index (χ3n) is 15.6. The maximum absolute atomic E-state index is 12.5. The minimum Gasteiger partial charge on any atom is -0.466 e. The van der Waals surface area contributed by atoms with Gasteiger partial charge >= 0.3 is 5.97 Å². The summed E-state index contributed by atoms with van der Waals surface area (Å²) in [5, 5.41) is 23.4. The second-order valence-corrected chi connectivity index (χ2v) is 22.8. The largest absolute Gasteiger partial charge is 0.466 e. The molecule has 0 saturated carbocycles. The number of aliphatic hydroxyl groups excluding tert-OH is 2. The normalized spacial score (nSPS) is 12.6. The van der Waals surface area contributed by atoms with Crippen molar-refractivity contribution in [2.75, 3.05) is 13.2 Å². The number of allylic oxidation sites excluding steroid dienone is 2. The standard InChI is InChI=1S/C66H129NO5/c1-3-5-7-9-11-13-15-17-19-20-21-22-23-24-25-26-27-28-31-34-38-42-46-50-54-58-64(69)63(62-68)67-65(70)59-55-51-47-43-39-35-32-29-30-33-37-41-45-49-53-57-61-72-66(71)60-56-52-48-44-40-36-18-16-14-12-10-8-6-4-2/h16,18,63-64,68-69H,3-15,17,19-62H2,1-2H3,(H,67,70)/b18-16-. The Hall–Kier alpha value is -1.40. The van der Waals surface area contributed by atoms with Gasteiger partial charge in [-0.15, -0.1) is 0 Å². The van der Waals surface area contributed by atoms with Crippen LogP contribution in [0.25, 0.3) is 0 Å². The van der Waals surface area contributed by atoms with Gasteiger partial charge in [-0.1, -0.05) is 321 Å². The van der Waals surface area contributed by atoms with Crippen LogP contribution in [0.2, 0.25) is 0 Å². The average molecular weight is 1020 g/mol. The first-order valence-corrected chi connectivity index (χ1v) is 32.9. The zero-order valence-corrected chi connectivity index (χ0v) is 48.9. The Balaban J connectivity index is 3.41. The van der Waals surface area contributed by atoms with Gasteiger partial charge in [-0.2, -0.15) is 0 Å². The Morgan fingerprint density at radius 3 is 0.986 bits per heavy atom. The van der Waals surface area contributed by atoms with E-state index in [9.17, 15) is 19.8 Å². The highest BCUT2D eigenvalue weighted by molar-refractivity contribution is 5.76. The molecule has 6 heteroatoms. The third kappa shape index (κ3) is 57.9. The van der Waals surface area contributed by atoms with Gasteiger partial charge < -0.3 is 20.3 Å². The van der Waals surface area contributed by atoms with Crippen LogP contribution in [0.4, 0.5) is 0 Å². The molecule has 2 atom stereocenters. The van der Waals surface area contributed by atoms with Crippen molar-refractivity contribution in [1.29, 1.82) is 0 Å². The van der Waals surface area contributed by atoms with E-state index >= 15 is 0 Å². The molecule has 0 aromatic carbocycles. The molecule has 0 bridgehead atoms.